The number of carbonyl (C=O) groups excluding carboxylic acids is 1. The van der Waals surface area contributed by atoms with Crippen LogP contribution in [0.1, 0.15) is 5.56 Å². The Hall–Kier alpha value is -1.72. The first-order chi connectivity index (χ1) is 8.56. The smallest absolute Gasteiger partial charge is 0.332 e. The molecule has 1 aliphatic heterocycles. The molecule has 0 bridgehead atoms. The third kappa shape index (κ3) is 2.94. The topological polar surface area (TPSA) is 76.7 Å². The van der Waals surface area contributed by atoms with Gasteiger partial charge in [-0.3, -0.25) is 0 Å². The van der Waals surface area contributed by atoms with E-state index >= 15 is 0 Å². The molecular formula is C11H9Cl2N3O2. The quantitative estimate of drug-likeness (QED) is 0.647. The predicted molar refractivity (Wildman–Crippen MR) is 71.1 cm³/mol. The SMILES string of the molecule is NC(=O)N/N=C/C1=Cc2cc(Cl)cc(Cl)c2OC1. The van der Waals surface area contributed by atoms with Crippen LogP contribution >= 0.6 is 23.2 Å². The number of hydrogen-bond donors (Lipinski definition) is 2. The highest BCUT2D eigenvalue weighted by molar-refractivity contribution is 6.36. The van der Waals surface area contributed by atoms with E-state index in [0.717, 1.165) is 11.1 Å². The molecule has 0 atom stereocenters. The number of nitrogens with zero attached hydrogens (tertiary/aromatic N) is 1. The first-order valence-electron chi connectivity index (χ1n) is 4.97. The molecule has 1 aromatic carbocycles. The summed E-state index contributed by atoms with van der Waals surface area (Å²) < 4.78 is 5.49. The van der Waals surface area contributed by atoms with Crippen LogP contribution in [0.2, 0.25) is 10.0 Å². The summed E-state index contributed by atoms with van der Waals surface area (Å²) in [5.41, 5.74) is 8.50. The Bertz CT molecular complexity index is 555. The number of urea groups is 1. The highest BCUT2D eigenvalue weighted by Crippen LogP contribution is 2.36. The van der Waals surface area contributed by atoms with E-state index in [1.165, 1.54) is 6.21 Å². The largest absolute Gasteiger partial charge is 0.487 e. The first-order valence-corrected chi connectivity index (χ1v) is 5.73. The number of amides is 2. The van der Waals surface area contributed by atoms with Gasteiger partial charge in [0, 0.05) is 16.2 Å². The van der Waals surface area contributed by atoms with E-state index in [1.807, 2.05) is 6.08 Å². The van der Waals surface area contributed by atoms with Gasteiger partial charge in [-0.1, -0.05) is 23.2 Å². The molecule has 0 unspecified atom stereocenters. The van der Waals surface area contributed by atoms with Crippen molar-refractivity contribution in [2.45, 2.75) is 0 Å². The third-order valence-corrected chi connectivity index (χ3v) is 2.67. The number of hydrogen-bond acceptors (Lipinski definition) is 3. The number of hydrazone groups is 1. The van der Waals surface area contributed by atoms with Crippen molar-refractivity contribution in [2.75, 3.05) is 6.61 Å². The Morgan fingerprint density at radius 1 is 1.50 bits per heavy atom. The predicted octanol–water partition coefficient (Wildman–Crippen LogP) is 2.42. The van der Waals surface area contributed by atoms with Crippen LogP contribution in [0.15, 0.2) is 22.8 Å². The van der Waals surface area contributed by atoms with Gasteiger partial charge in [0.05, 0.1) is 11.2 Å². The molecule has 0 fully saturated rings. The Morgan fingerprint density at radius 2 is 2.28 bits per heavy atom. The third-order valence-electron chi connectivity index (χ3n) is 2.17. The summed E-state index contributed by atoms with van der Waals surface area (Å²) in [5, 5.41) is 4.63. The van der Waals surface area contributed by atoms with Crippen molar-refractivity contribution in [2.24, 2.45) is 10.8 Å². The van der Waals surface area contributed by atoms with E-state index in [-0.39, 0.29) is 0 Å². The first kappa shape index (κ1) is 12.7. The number of carbonyl (C=O) groups is 1. The maximum absolute atomic E-state index is 10.4. The second-order valence-corrected chi connectivity index (χ2v) is 4.39. The fourth-order valence-electron chi connectivity index (χ4n) is 1.49. The van der Waals surface area contributed by atoms with Crippen LogP contribution in [-0.4, -0.2) is 18.9 Å². The van der Waals surface area contributed by atoms with Crippen molar-refractivity contribution < 1.29 is 9.53 Å². The van der Waals surface area contributed by atoms with Crippen LogP contribution in [0.4, 0.5) is 4.79 Å². The van der Waals surface area contributed by atoms with Crippen LogP contribution in [0, 0.1) is 0 Å². The van der Waals surface area contributed by atoms with Crippen molar-refractivity contribution in [1.82, 2.24) is 5.43 Å². The fraction of sp³-hybridized carbons (Fsp3) is 0.0909. The van der Waals surface area contributed by atoms with Gasteiger partial charge in [0.1, 0.15) is 12.4 Å². The minimum atomic E-state index is -0.727. The number of rotatable bonds is 2. The molecular weight excluding hydrogens is 277 g/mol. The average molecular weight is 286 g/mol. The zero-order chi connectivity index (χ0) is 13.1. The lowest BCUT2D eigenvalue weighted by molar-refractivity contribution is 0.249. The molecule has 1 aromatic rings. The van der Waals surface area contributed by atoms with Crippen LogP contribution in [0.5, 0.6) is 5.75 Å². The molecule has 2 amide bonds. The van der Waals surface area contributed by atoms with Gasteiger partial charge >= 0.3 is 6.03 Å². The van der Waals surface area contributed by atoms with Crippen molar-refractivity contribution in [3.8, 4) is 5.75 Å². The Kier molecular flexibility index (Phi) is 3.74. The Morgan fingerprint density at radius 3 is 3.00 bits per heavy atom. The number of nitrogens with two attached hydrogens (primary N) is 1. The molecule has 0 radical (unpaired) electrons. The zero-order valence-corrected chi connectivity index (χ0v) is 10.6. The number of primary amides is 1. The summed E-state index contributed by atoms with van der Waals surface area (Å²) in [5.74, 6) is 0.584. The zero-order valence-electron chi connectivity index (χ0n) is 9.11. The monoisotopic (exact) mass is 285 g/mol. The fourth-order valence-corrected chi connectivity index (χ4v) is 2.05. The summed E-state index contributed by atoms with van der Waals surface area (Å²) in [6.45, 7) is 0.304. The van der Waals surface area contributed by atoms with Crippen molar-refractivity contribution >= 4 is 41.5 Å². The van der Waals surface area contributed by atoms with E-state index in [1.54, 1.807) is 12.1 Å². The van der Waals surface area contributed by atoms with E-state index in [2.05, 4.69) is 10.5 Å². The molecule has 0 spiro atoms. The van der Waals surface area contributed by atoms with E-state index in [4.69, 9.17) is 33.7 Å². The molecule has 7 heteroatoms. The summed E-state index contributed by atoms with van der Waals surface area (Å²) >= 11 is 11.9. The minimum absolute atomic E-state index is 0.304. The van der Waals surface area contributed by atoms with Crippen LogP contribution in [0.25, 0.3) is 6.08 Å². The van der Waals surface area contributed by atoms with Crippen molar-refractivity contribution in [1.29, 1.82) is 0 Å². The molecule has 5 nitrogen and oxygen atoms in total. The minimum Gasteiger partial charge on any atom is -0.487 e. The van der Waals surface area contributed by atoms with Gasteiger partial charge in [-0.05, 0) is 18.2 Å². The Balaban J connectivity index is 2.24. The van der Waals surface area contributed by atoms with Crippen LogP contribution < -0.4 is 15.9 Å². The molecule has 94 valence electrons. The van der Waals surface area contributed by atoms with E-state index in [0.29, 0.717) is 22.4 Å². The van der Waals surface area contributed by atoms with Crippen molar-refractivity contribution in [3.63, 3.8) is 0 Å². The van der Waals surface area contributed by atoms with Gasteiger partial charge in [0.15, 0.2) is 0 Å². The number of benzene rings is 1. The maximum atomic E-state index is 10.4. The van der Waals surface area contributed by atoms with Gasteiger partial charge in [0.25, 0.3) is 0 Å². The number of fused-ring (bicyclic) bond motifs is 1. The van der Waals surface area contributed by atoms with Crippen LogP contribution in [-0.2, 0) is 0 Å². The number of halogens is 2. The number of ether oxygens (including phenoxy) is 1. The average Bonchev–Trinajstić information content (AvgIpc) is 2.27. The summed E-state index contributed by atoms with van der Waals surface area (Å²) in [7, 11) is 0. The molecule has 1 aliphatic rings. The van der Waals surface area contributed by atoms with Gasteiger partial charge in [-0.15, -0.1) is 0 Å². The summed E-state index contributed by atoms with van der Waals surface area (Å²) in [6.07, 6.45) is 3.27. The number of nitrogens with one attached hydrogen (secondary N) is 1. The highest BCUT2D eigenvalue weighted by Gasteiger charge is 2.14. The maximum Gasteiger partial charge on any atom is 0.332 e. The van der Waals surface area contributed by atoms with Gasteiger partial charge in [-0.25, -0.2) is 10.2 Å². The van der Waals surface area contributed by atoms with E-state index in [9.17, 15) is 4.79 Å². The van der Waals surface area contributed by atoms with Gasteiger partial charge in [-0.2, -0.15) is 5.10 Å². The molecule has 0 saturated carbocycles. The lowest BCUT2D eigenvalue weighted by atomic mass is 10.1. The Labute approximate surface area is 113 Å². The second kappa shape index (κ2) is 5.29. The summed E-state index contributed by atoms with van der Waals surface area (Å²) in [6, 6.07) is 2.62. The van der Waals surface area contributed by atoms with Gasteiger partial charge in [0.2, 0.25) is 0 Å². The van der Waals surface area contributed by atoms with E-state index < -0.39 is 6.03 Å². The standard InChI is InChI=1S/C11H9Cl2N3O2/c12-8-2-7-1-6(4-15-16-11(14)17)5-18-10(7)9(13)3-8/h1-4H,5H2,(H3,14,16,17)/b15-4+. The van der Waals surface area contributed by atoms with Crippen LogP contribution in [0.3, 0.4) is 0 Å². The molecule has 0 saturated heterocycles. The molecule has 0 aliphatic carbocycles. The normalized spacial score (nSPS) is 13.8. The molecule has 3 N–H and O–H groups in total. The molecule has 18 heavy (non-hydrogen) atoms. The second-order valence-electron chi connectivity index (χ2n) is 3.55. The van der Waals surface area contributed by atoms with Crippen molar-refractivity contribution in [3.05, 3.63) is 33.3 Å². The highest BCUT2D eigenvalue weighted by atomic mass is 35.5. The lowest BCUT2D eigenvalue weighted by Gasteiger charge is -2.17. The molecule has 1 heterocycles. The summed E-state index contributed by atoms with van der Waals surface area (Å²) in [4.78, 5) is 10.4. The molecule has 0 aromatic heterocycles. The molecule has 2 rings (SSSR count). The lowest BCUT2D eigenvalue weighted by Crippen LogP contribution is -2.24. The van der Waals surface area contributed by atoms with Gasteiger partial charge < -0.3 is 10.5 Å².